The Morgan fingerprint density at radius 1 is 1.90 bits per heavy atom. The molecule has 0 saturated carbocycles. The summed E-state index contributed by atoms with van der Waals surface area (Å²) in [4.78, 5) is 12.7. The van der Waals surface area contributed by atoms with Crippen molar-refractivity contribution < 1.29 is 4.92 Å². The fraction of sp³-hybridized carbons (Fsp3) is 0. The average molecular weight is 155 g/mol. The third-order valence-corrected chi connectivity index (χ3v) is 1.56. The summed E-state index contributed by atoms with van der Waals surface area (Å²) < 4.78 is 0. The maximum atomic E-state index is 9.97. The van der Waals surface area contributed by atoms with E-state index < -0.39 is 4.92 Å². The zero-order chi connectivity index (χ0) is 7.56. The van der Waals surface area contributed by atoms with Crippen LogP contribution in [0.1, 0.15) is 5.69 Å². The second kappa shape index (κ2) is 2.41. The SMILES string of the molecule is N#Cc1csc([N+](=O)[O-])n1. The van der Waals surface area contributed by atoms with Crippen molar-refractivity contribution in [2.45, 2.75) is 0 Å². The van der Waals surface area contributed by atoms with Crippen LogP contribution in [-0.4, -0.2) is 9.91 Å². The van der Waals surface area contributed by atoms with Crippen molar-refractivity contribution >= 4 is 16.5 Å². The Labute approximate surface area is 59.7 Å². The molecule has 0 aliphatic rings. The van der Waals surface area contributed by atoms with Crippen LogP contribution in [0, 0.1) is 21.4 Å². The van der Waals surface area contributed by atoms with Crippen molar-refractivity contribution in [2.24, 2.45) is 0 Å². The van der Waals surface area contributed by atoms with Crippen LogP contribution in [0.5, 0.6) is 0 Å². The van der Waals surface area contributed by atoms with Gasteiger partial charge in [-0.1, -0.05) is 0 Å². The second-order valence-electron chi connectivity index (χ2n) is 1.38. The first kappa shape index (κ1) is 6.64. The van der Waals surface area contributed by atoms with Crippen molar-refractivity contribution in [1.29, 1.82) is 5.26 Å². The summed E-state index contributed by atoms with van der Waals surface area (Å²) in [7, 11) is 0. The monoisotopic (exact) mass is 155 g/mol. The van der Waals surface area contributed by atoms with Gasteiger partial charge in [0.1, 0.15) is 6.07 Å². The van der Waals surface area contributed by atoms with Crippen molar-refractivity contribution in [3.8, 4) is 6.07 Å². The van der Waals surface area contributed by atoms with E-state index >= 15 is 0 Å². The molecular weight excluding hydrogens is 154 g/mol. The van der Waals surface area contributed by atoms with Crippen LogP contribution in [0.4, 0.5) is 5.13 Å². The minimum Gasteiger partial charge on any atom is -0.357 e. The van der Waals surface area contributed by atoms with Gasteiger partial charge >= 0.3 is 5.13 Å². The van der Waals surface area contributed by atoms with Gasteiger partial charge in [-0.15, -0.1) is 0 Å². The van der Waals surface area contributed by atoms with Crippen LogP contribution >= 0.6 is 11.3 Å². The second-order valence-corrected chi connectivity index (χ2v) is 2.22. The Bertz CT molecular complexity index is 300. The van der Waals surface area contributed by atoms with E-state index in [2.05, 4.69) is 4.98 Å². The minimum absolute atomic E-state index is 0.0942. The highest BCUT2D eigenvalue weighted by atomic mass is 32.1. The smallest absolute Gasteiger partial charge is 0.357 e. The van der Waals surface area contributed by atoms with Crippen molar-refractivity contribution in [3.05, 3.63) is 21.2 Å². The molecule has 0 amide bonds. The zero-order valence-electron chi connectivity index (χ0n) is 4.64. The first-order valence-corrected chi connectivity index (χ1v) is 3.12. The molecule has 0 aliphatic heterocycles. The largest absolute Gasteiger partial charge is 0.424 e. The summed E-state index contributed by atoms with van der Waals surface area (Å²) in [5.74, 6) is 0. The molecule has 0 bridgehead atoms. The van der Waals surface area contributed by atoms with Gasteiger partial charge in [-0.2, -0.15) is 5.26 Å². The number of nitro groups is 1. The molecule has 0 saturated heterocycles. The maximum absolute atomic E-state index is 9.97. The van der Waals surface area contributed by atoms with Crippen LogP contribution < -0.4 is 0 Å². The Morgan fingerprint density at radius 2 is 2.60 bits per heavy atom. The highest BCUT2D eigenvalue weighted by molar-refractivity contribution is 7.12. The number of hydrogen-bond donors (Lipinski definition) is 0. The van der Waals surface area contributed by atoms with E-state index in [9.17, 15) is 10.1 Å². The standard InChI is InChI=1S/C4HN3O2S/c5-1-3-2-10-4(6-3)7(8)9/h2H. The topological polar surface area (TPSA) is 79.8 Å². The van der Waals surface area contributed by atoms with Gasteiger partial charge in [0.25, 0.3) is 5.69 Å². The van der Waals surface area contributed by atoms with Gasteiger partial charge < -0.3 is 10.1 Å². The van der Waals surface area contributed by atoms with E-state index in [0.717, 1.165) is 11.3 Å². The van der Waals surface area contributed by atoms with Gasteiger partial charge in [0.2, 0.25) is 0 Å². The quantitative estimate of drug-likeness (QED) is 0.446. The van der Waals surface area contributed by atoms with Crippen molar-refractivity contribution in [3.63, 3.8) is 0 Å². The molecule has 0 fully saturated rings. The number of thiazole rings is 1. The molecular formula is C4HN3O2S. The Morgan fingerprint density at radius 3 is 2.90 bits per heavy atom. The van der Waals surface area contributed by atoms with E-state index in [1.165, 1.54) is 5.38 Å². The van der Waals surface area contributed by atoms with Gasteiger partial charge in [-0.25, -0.2) is 0 Å². The summed E-state index contributed by atoms with van der Waals surface area (Å²) in [6.45, 7) is 0. The van der Waals surface area contributed by atoms with Gasteiger partial charge in [-0.3, -0.25) is 0 Å². The molecule has 1 aromatic heterocycles. The van der Waals surface area contributed by atoms with Crippen LogP contribution in [0.3, 0.4) is 0 Å². The lowest BCUT2D eigenvalue weighted by Gasteiger charge is -1.80. The first-order chi connectivity index (χ1) is 4.74. The summed E-state index contributed by atoms with van der Waals surface area (Å²) in [5.41, 5.74) is 0.0942. The number of nitriles is 1. The van der Waals surface area contributed by atoms with E-state index in [0.29, 0.717) is 0 Å². The molecule has 0 aliphatic carbocycles. The molecule has 1 rings (SSSR count). The van der Waals surface area contributed by atoms with E-state index in [1.807, 2.05) is 0 Å². The van der Waals surface area contributed by atoms with Crippen molar-refractivity contribution in [1.82, 2.24) is 4.98 Å². The summed E-state index contributed by atoms with van der Waals surface area (Å²) in [6, 6.07) is 1.70. The van der Waals surface area contributed by atoms with Gasteiger partial charge in [0.05, 0.1) is 5.38 Å². The van der Waals surface area contributed by atoms with Crippen LogP contribution in [0.25, 0.3) is 0 Å². The lowest BCUT2D eigenvalue weighted by molar-refractivity contribution is -0.384. The molecule has 0 atom stereocenters. The predicted molar refractivity (Wildman–Crippen MR) is 33.5 cm³/mol. The molecule has 0 unspecified atom stereocenters. The zero-order valence-corrected chi connectivity index (χ0v) is 5.46. The minimum atomic E-state index is -0.620. The molecule has 6 heteroatoms. The normalized spacial score (nSPS) is 8.70. The van der Waals surface area contributed by atoms with Crippen molar-refractivity contribution in [2.75, 3.05) is 0 Å². The first-order valence-electron chi connectivity index (χ1n) is 2.24. The lowest BCUT2D eigenvalue weighted by Crippen LogP contribution is -1.85. The van der Waals surface area contributed by atoms with Gasteiger partial charge in [0, 0.05) is 0 Å². The fourth-order valence-corrected chi connectivity index (χ4v) is 0.959. The number of rotatable bonds is 1. The molecule has 0 N–H and O–H groups in total. The molecule has 5 nitrogen and oxygen atoms in total. The maximum Gasteiger partial charge on any atom is 0.424 e. The van der Waals surface area contributed by atoms with E-state index in [1.54, 1.807) is 6.07 Å². The third kappa shape index (κ3) is 1.09. The van der Waals surface area contributed by atoms with Gasteiger partial charge in [0.15, 0.2) is 0 Å². The highest BCUT2D eigenvalue weighted by Gasteiger charge is 2.12. The molecule has 1 heterocycles. The molecule has 1 aromatic rings. The van der Waals surface area contributed by atoms with E-state index in [4.69, 9.17) is 5.26 Å². The summed E-state index contributed by atoms with van der Waals surface area (Å²) in [5, 5.41) is 19.3. The Balaban J connectivity index is 3.02. The lowest BCUT2D eigenvalue weighted by atomic mass is 10.6. The molecule has 10 heavy (non-hydrogen) atoms. The summed E-state index contributed by atoms with van der Waals surface area (Å²) in [6.07, 6.45) is 0. The molecule has 0 spiro atoms. The fourth-order valence-electron chi connectivity index (χ4n) is 0.399. The number of nitrogens with zero attached hydrogens (tertiary/aromatic N) is 3. The number of aromatic nitrogens is 1. The molecule has 50 valence electrons. The molecule has 0 radical (unpaired) electrons. The highest BCUT2D eigenvalue weighted by Crippen LogP contribution is 2.16. The Hall–Kier alpha value is -1.48. The van der Waals surface area contributed by atoms with Crippen LogP contribution in [0.2, 0.25) is 0 Å². The van der Waals surface area contributed by atoms with Crippen LogP contribution in [-0.2, 0) is 0 Å². The molecule has 0 aromatic carbocycles. The number of hydrogen-bond acceptors (Lipinski definition) is 5. The third-order valence-electron chi connectivity index (χ3n) is 0.763. The predicted octanol–water partition coefficient (Wildman–Crippen LogP) is 0.923. The van der Waals surface area contributed by atoms with E-state index in [-0.39, 0.29) is 10.8 Å². The summed E-state index contributed by atoms with van der Waals surface area (Å²) >= 11 is 0.850. The van der Waals surface area contributed by atoms with Gasteiger partial charge in [-0.05, 0) is 21.2 Å². The van der Waals surface area contributed by atoms with Crippen LogP contribution in [0.15, 0.2) is 5.38 Å². The Kier molecular flexibility index (Phi) is 1.60. The average Bonchev–Trinajstić information content (AvgIpc) is 2.34.